The van der Waals surface area contributed by atoms with Crippen molar-refractivity contribution in [1.29, 1.82) is 0 Å². The van der Waals surface area contributed by atoms with Gasteiger partial charge < -0.3 is 15.2 Å². The Kier molecular flexibility index (Phi) is 6.00. The smallest absolute Gasteiger partial charge is 0.315 e. The van der Waals surface area contributed by atoms with Crippen LogP contribution >= 0.6 is 0 Å². The fraction of sp³-hybridized carbons (Fsp3) is 0.714. The Morgan fingerprint density at radius 2 is 2.00 bits per heavy atom. The monoisotopic (exact) mass is 175 g/mol. The van der Waals surface area contributed by atoms with Crippen LogP contribution in [0.4, 0.5) is 0 Å². The third kappa shape index (κ3) is 7.01. The first-order valence-corrected chi connectivity index (χ1v) is 3.68. The van der Waals surface area contributed by atoms with Crippen LogP contribution in [0, 0.1) is 0 Å². The number of rotatable bonds is 6. The van der Waals surface area contributed by atoms with Crippen molar-refractivity contribution in [1.82, 2.24) is 0 Å². The van der Waals surface area contributed by atoms with Crippen LogP contribution in [0.15, 0.2) is 0 Å². The van der Waals surface area contributed by atoms with Crippen LogP contribution in [-0.4, -0.2) is 31.7 Å². The van der Waals surface area contributed by atoms with Gasteiger partial charge in [-0.05, 0) is 6.92 Å². The van der Waals surface area contributed by atoms with Gasteiger partial charge in [0.2, 0.25) is 5.91 Å². The maximum Gasteiger partial charge on any atom is 0.315 e. The van der Waals surface area contributed by atoms with E-state index in [0.29, 0.717) is 13.2 Å². The lowest BCUT2D eigenvalue weighted by Crippen LogP contribution is -2.19. The van der Waals surface area contributed by atoms with Crippen molar-refractivity contribution in [3.05, 3.63) is 0 Å². The van der Waals surface area contributed by atoms with Crippen molar-refractivity contribution in [3.8, 4) is 0 Å². The summed E-state index contributed by atoms with van der Waals surface area (Å²) >= 11 is 0. The Labute approximate surface area is 70.8 Å². The van der Waals surface area contributed by atoms with Gasteiger partial charge in [0.25, 0.3) is 0 Å². The number of hydrogen-bond acceptors (Lipinski definition) is 4. The molecule has 0 bridgehead atoms. The van der Waals surface area contributed by atoms with E-state index in [9.17, 15) is 9.59 Å². The molecule has 0 radical (unpaired) electrons. The average molecular weight is 175 g/mol. The average Bonchev–Trinajstić information content (AvgIpc) is 1.97. The highest BCUT2D eigenvalue weighted by Gasteiger charge is 2.05. The van der Waals surface area contributed by atoms with Crippen LogP contribution < -0.4 is 5.73 Å². The van der Waals surface area contributed by atoms with Crippen molar-refractivity contribution in [2.45, 2.75) is 13.3 Å². The number of carbonyl (C=O) groups excluding carboxylic acids is 2. The Bertz CT molecular complexity index is 157. The van der Waals surface area contributed by atoms with Gasteiger partial charge in [-0.3, -0.25) is 9.59 Å². The summed E-state index contributed by atoms with van der Waals surface area (Å²) in [5, 5.41) is 0. The summed E-state index contributed by atoms with van der Waals surface area (Å²) < 4.78 is 9.49. The molecule has 0 aromatic heterocycles. The summed E-state index contributed by atoms with van der Waals surface area (Å²) in [5.41, 5.74) is 4.75. The number of hydrogen-bond donors (Lipinski definition) is 1. The number of esters is 1. The Hall–Kier alpha value is -1.10. The van der Waals surface area contributed by atoms with Gasteiger partial charge in [-0.2, -0.15) is 0 Å². The first kappa shape index (κ1) is 10.9. The van der Waals surface area contributed by atoms with E-state index >= 15 is 0 Å². The Morgan fingerprint density at radius 1 is 1.33 bits per heavy atom. The van der Waals surface area contributed by atoms with Crippen LogP contribution in [0.2, 0.25) is 0 Å². The standard InChI is InChI=1S/C7H13NO4/c1-2-11-3-4-12-7(10)5-6(8)9/h2-5H2,1H3,(H2,8,9). The second kappa shape index (κ2) is 6.60. The van der Waals surface area contributed by atoms with Gasteiger partial charge in [0.05, 0.1) is 6.61 Å². The quantitative estimate of drug-likeness (QED) is 0.333. The van der Waals surface area contributed by atoms with Gasteiger partial charge in [0.1, 0.15) is 13.0 Å². The van der Waals surface area contributed by atoms with Crippen LogP contribution in [0.1, 0.15) is 13.3 Å². The molecule has 12 heavy (non-hydrogen) atoms. The van der Waals surface area contributed by atoms with Gasteiger partial charge in [-0.1, -0.05) is 0 Å². The summed E-state index contributed by atoms with van der Waals surface area (Å²) in [6.45, 7) is 2.93. The molecule has 0 spiro atoms. The van der Waals surface area contributed by atoms with Gasteiger partial charge in [0.15, 0.2) is 0 Å². The predicted molar refractivity (Wildman–Crippen MR) is 41.3 cm³/mol. The van der Waals surface area contributed by atoms with Crippen molar-refractivity contribution >= 4 is 11.9 Å². The second-order valence-electron chi connectivity index (χ2n) is 2.06. The molecule has 0 heterocycles. The highest BCUT2D eigenvalue weighted by Crippen LogP contribution is 1.85. The van der Waals surface area contributed by atoms with Gasteiger partial charge >= 0.3 is 5.97 Å². The summed E-state index contributed by atoms with van der Waals surface area (Å²) in [7, 11) is 0. The molecule has 0 aromatic carbocycles. The fourth-order valence-electron chi connectivity index (χ4n) is 0.552. The normalized spacial score (nSPS) is 9.42. The van der Waals surface area contributed by atoms with E-state index in [1.165, 1.54) is 0 Å². The van der Waals surface area contributed by atoms with Crippen molar-refractivity contribution in [3.63, 3.8) is 0 Å². The lowest BCUT2D eigenvalue weighted by molar-refractivity contribution is -0.147. The topological polar surface area (TPSA) is 78.6 Å². The Balaban J connectivity index is 3.26. The molecular formula is C7H13NO4. The molecule has 0 saturated carbocycles. The molecule has 0 aliphatic heterocycles. The molecule has 0 unspecified atom stereocenters. The van der Waals surface area contributed by atoms with E-state index in [1.54, 1.807) is 0 Å². The van der Waals surface area contributed by atoms with Crippen molar-refractivity contribution in [2.75, 3.05) is 19.8 Å². The molecule has 2 N–H and O–H groups in total. The number of ether oxygens (including phenoxy) is 2. The highest BCUT2D eigenvalue weighted by atomic mass is 16.6. The van der Waals surface area contributed by atoms with Gasteiger partial charge in [-0.15, -0.1) is 0 Å². The van der Waals surface area contributed by atoms with E-state index in [2.05, 4.69) is 4.74 Å². The molecule has 0 aromatic rings. The summed E-state index contributed by atoms with van der Waals surface area (Å²) in [6.07, 6.45) is -0.369. The van der Waals surface area contributed by atoms with Crippen molar-refractivity contribution in [2.24, 2.45) is 5.73 Å². The van der Waals surface area contributed by atoms with Crippen LogP contribution in [-0.2, 0) is 19.1 Å². The van der Waals surface area contributed by atoms with Gasteiger partial charge in [0, 0.05) is 6.61 Å². The zero-order valence-corrected chi connectivity index (χ0v) is 7.04. The molecule has 0 rings (SSSR count). The maximum absolute atomic E-state index is 10.6. The van der Waals surface area contributed by atoms with Crippen LogP contribution in [0.25, 0.3) is 0 Å². The van der Waals surface area contributed by atoms with E-state index in [4.69, 9.17) is 10.5 Å². The number of carbonyl (C=O) groups is 2. The maximum atomic E-state index is 10.6. The fourth-order valence-corrected chi connectivity index (χ4v) is 0.552. The minimum absolute atomic E-state index is 0.167. The highest BCUT2D eigenvalue weighted by molar-refractivity contribution is 5.93. The van der Waals surface area contributed by atoms with Crippen LogP contribution in [0.3, 0.4) is 0 Å². The molecule has 5 nitrogen and oxygen atoms in total. The molecular weight excluding hydrogens is 162 g/mol. The van der Waals surface area contributed by atoms with Gasteiger partial charge in [-0.25, -0.2) is 0 Å². The molecule has 0 fully saturated rings. The van der Waals surface area contributed by atoms with E-state index < -0.39 is 11.9 Å². The molecule has 0 saturated heterocycles. The molecule has 0 aliphatic rings. The lowest BCUT2D eigenvalue weighted by Gasteiger charge is -2.02. The molecule has 0 atom stereocenters. The SMILES string of the molecule is CCOCCOC(=O)CC(N)=O. The first-order chi connectivity index (χ1) is 5.66. The minimum atomic E-state index is -0.684. The molecule has 5 heteroatoms. The molecule has 1 amide bonds. The summed E-state index contributed by atoms with van der Waals surface area (Å²) in [4.78, 5) is 20.8. The third-order valence-corrected chi connectivity index (χ3v) is 1.01. The van der Waals surface area contributed by atoms with E-state index in [1.807, 2.05) is 6.92 Å². The zero-order valence-electron chi connectivity index (χ0n) is 7.04. The zero-order chi connectivity index (χ0) is 9.40. The molecule has 0 aliphatic carbocycles. The lowest BCUT2D eigenvalue weighted by atomic mass is 10.4. The second-order valence-corrected chi connectivity index (χ2v) is 2.06. The van der Waals surface area contributed by atoms with Crippen molar-refractivity contribution < 1.29 is 19.1 Å². The number of nitrogens with two attached hydrogens (primary N) is 1. The predicted octanol–water partition coefficient (Wildman–Crippen LogP) is -0.558. The molecule has 70 valence electrons. The number of amides is 1. The largest absolute Gasteiger partial charge is 0.463 e. The number of primary amides is 1. The summed E-state index contributed by atoms with van der Waals surface area (Å²) in [5.74, 6) is -1.29. The summed E-state index contributed by atoms with van der Waals surface area (Å²) in [6, 6.07) is 0. The minimum Gasteiger partial charge on any atom is -0.463 e. The third-order valence-electron chi connectivity index (χ3n) is 1.01. The van der Waals surface area contributed by atoms with Crippen LogP contribution in [0.5, 0.6) is 0 Å². The van der Waals surface area contributed by atoms with E-state index in [0.717, 1.165) is 0 Å². The Morgan fingerprint density at radius 3 is 2.50 bits per heavy atom. The first-order valence-electron chi connectivity index (χ1n) is 3.68. The van der Waals surface area contributed by atoms with E-state index in [-0.39, 0.29) is 13.0 Å².